The number of aliphatic hydroxyl groups is 1. The normalized spacial score (nSPS) is 14.0. The zero-order chi connectivity index (χ0) is 15.7. The molecule has 0 aliphatic carbocycles. The zero-order valence-electron chi connectivity index (χ0n) is 12.5. The lowest BCUT2D eigenvalue weighted by molar-refractivity contribution is -0.116. The minimum atomic E-state index is -1.23. The first-order valence-corrected chi connectivity index (χ1v) is 7.12. The maximum atomic E-state index is 11.2. The highest BCUT2D eigenvalue weighted by molar-refractivity contribution is 5.83. The third-order valence-corrected chi connectivity index (χ3v) is 3.76. The first kappa shape index (κ1) is 14.5. The van der Waals surface area contributed by atoms with Crippen LogP contribution in [0.4, 0.5) is 0 Å². The van der Waals surface area contributed by atoms with Crippen LogP contribution < -0.4 is 0 Å². The smallest absolute Gasteiger partial charge is 0.144 e. The Morgan fingerprint density at radius 3 is 2.64 bits per heavy atom. The molecule has 1 unspecified atom stereocenters. The fraction of sp³-hybridized carbons (Fsp3) is 0.222. The van der Waals surface area contributed by atoms with Crippen molar-refractivity contribution in [2.24, 2.45) is 0 Å². The second kappa shape index (κ2) is 5.39. The maximum absolute atomic E-state index is 11.2. The Balaban J connectivity index is 2.03. The number of pyridine rings is 1. The molecule has 112 valence electrons. The largest absolute Gasteiger partial charge is 0.458 e. The topological polar surface area (TPSA) is 63.3 Å². The number of benzene rings is 1. The number of fused-ring (bicyclic) bond motifs is 1. The molecule has 0 saturated carbocycles. The molecule has 1 atom stereocenters. The van der Waals surface area contributed by atoms with E-state index in [-0.39, 0.29) is 5.78 Å². The fourth-order valence-corrected chi connectivity index (χ4v) is 2.55. The van der Waals surface area contributed by atoms with Crippen molar-refractivity contribution in [1.82, 2.24) is 4.98 Å². The SMILES string of the molecule is CC(=O)Cc1ccc2oc(C(C)(O)c3ccncc3)cc2c1. The lowest BCUT2D eigenvalue weighted by atomic mass is 9.94. The summed E-state index contributed by atoms with van der Waals surface area (Å²) in [6.45, 7) is 3.26. The number of hydrogen-bond acceptors (Lipinski definition) is 4. The van der Waals surface area contributed by atoms with E-state index in [1.807, 2.05) is 24.3 Å². The van der Waals surface area contributed by atoms with E-state index >= 15 is 0 Å². The Kier molecular flexibility index (Phi) is 3.54. The van der Waals surface area contributed by atoms with E-state index in [4.69, 9.17) is 4.42 Å². The number of aromatic nitrogens is 1. The summed E-state index contributed by atoms with van der Waals surface area (Å²) in [4.78, 5) is 15.2. The molecule has 3 aromatic rings. The van der Waals surface area contributed by atoms with Gasteiger partial charge in [0.1, 0.15) is 22.7 Å². The fourth-order valence-electron chi connectivity index (χ4n) is 2.55. The van der Waals surface area contributed by atoms with Crippen LogP contribution in [0.5, 0.6) is 0 Å². The van der Waals surface area contributed by atoms with Gasteiger partial charge in [0.05, 0.1) is 0 Å². The van der Waals surface area contributed by atoms with Gasteiger partial charge in [-0.3, -0.25) is 9.78 Å². The molecule has 1 aromatic carbocycles. The van der Waals surface area contributed by atoms with Crippen molar-refractivity contribution >= 4 is 16.8 Å². The van der Waals surface area contributed by atoms with Crippen molar-refractivity contribution in [2.75, 3.05) is 0 Å². The molecule has 2 aromatic heterocycles. The van der Waals surface area contributed by atoms with Gasteiger partial charge in [0, 0.05) is 24.2 Å². The second-order valence-corrected chi connectivity index (χ2v) is 5.67. The molecule has 0 fully saturated rings. The molecular weight excluding hydrogens is 278 g/mol. The van der Waals surface area contributed by atoms with E-state index in [0.29, 0.717) is 23.3 Å². The minimum Gasteiger partial charge on any atom is -0.458 e. The van der Waals surface area contributed by atoms with Gasteiger partial charge in [-0.2, -0.15) is 0 Å². The second-order valence-electron chi connectivity index (χ2n) is 5.67. The number of ketones is 1. The maximum Gasteiger partial charge on any atom is 0.144 e. The summed E-state index contributed by atoms with van der Waals surface area (Å²) < 4.78 is 5.79. The van der Waals surface area contributed by atoms with Crippen molar-refractivity contribution in [3.8, 4) is 0 Å². The van der Waals surface area contributed by atoms with Crippen LogP contribution >= 0.6 is 0 Å². The van der Waals surface area contributed by atoms with Gasteiger partial charge in [0.15, 0.2) is 0 Å². The summed E-state index contributed by atoms with van der Waals surface area (Å²) in [5, 5.41) is 11.7. The first-order valence-electron chi connectivity index (χ1n) is 7.12. The Hall–Kier alpha value is -2.46. The third kappa shape index (κ3) is 2.65. The minimum absolute atomic E-state index is 0.117. The van der Waals surface area contributed by atoms with Gasteiger partial charge in [-0.1, -0.05) is 6.07 Å². The van der Waals surface area contributed by atoms with Crippen LogP contribution in [0.1, 0.15) is 30.7 Å². The standard InChI is InChI=1S/C18H17NO3/c1-12(20)9-13-3-4-16-14(10-13)11-17(22-16)18(2,21)15-5-7-19-8-6-15/h3-8,10-11,21H,9H2,1-2H3. The van der Waals surface area contributed by atoms with Gasteiger partial charge in [-0.05, 0) is 55.3 Å². The summed E-state index contributed by atoms with van der Waals surface area (Å²) in [5.41, 5.74) is 1.11. The summed E-state index contributed by atoms with van der Waals surface area (Å²) in [7, 11) is 0. The molecule has 0 bridgehead atoms. The molecule has 3 rings (SSSR count). The molecule has 22 heavy (non-hydrogen) atoms. The molecule has 0 amide bonds. The molecule has 1 N–H and O–H groups in total. The number of carbonyl (C=O) groups is 1. The number of nitrogens with zero attached hydrogens (tertiary/aromatic N) is 1. The lowest BCUT2D eigenvalue weighted by Crippen LogP contribution is -2.21. The summed E-state index contributed by atoms with van der Waals surface area (Å²) in [6.07, 6.45) is 3.67. The zero-order valence-corrected chi connectivity index (χ0v) is 12.5. The molecule has 0 radical (unpaired) electrons. The molecule has 4 heteroatoms. The molecule has 2 heterocycles. The predicted molar refractivity (Wildman–Crippen MR) is 83.5 cm³/mol. The molecule has 0 saturated heterocycles. The lowest BCUT2D eigenvalue weighted by Gasteiger charge is -2.20. The number of Topliss-reactive ketones (excluding diaryl/α,β-unsaturated/α-hetero) is 1. The van der Waals surface area contributed by atoms with E-state index < -0.39 is 5.60 Å². The number of carbonyl (C=O) groups excluding carboxylic acids is 1. The average molecular weight is 295 g/mol. The van der Waals surface area contributed by atoms with Gasteiger partial charge in [0.2, 0.25) is 0 Å². The first-order chi connectivity index (χ1) is 10.5. The van der Waals surface area contributed by atoms with Crippen LogP contribution in [-0.2, 0) is 16.8 Å². The highest BCUT2D eigenvalue weighted by Crippen LogP contribution is 2.33. The van der Waals surface area contributed by atoms with Crippen LogP contribution in [0.15, 0.2) is 53.2 Å². The highest BCUT2D eigenvalue weighted by Gasteiger charge is 2.29. The monoisotopic (exact) mass is 295 g/mol. The van der Waals surface area contributed by atoms with Gasteiger partial charge in [0.25, 0.3) is 0 Å². The van der Waals surface area contributed by atoms with E-state index in [1.54, 1.807) is 38.4 Å². The summed E-state index contributed by atoms with van der Waals surface area (Å²) >= 11 is 0. The van der Waals surface area contributed by atoms with Gasteiger partial charge < -0.3 is 9.52 Å². The molecule has 4 nitrogen and oxygen atoms in total. The molecule has 0 spiro atoms. The number of rotatable bonds is 4. The summed E-state index contributed by atoms with van der Waals surface area (Å²) in [6, 6.07) is 11.0. The van der Waals surface area contributed by atoms with Gasteiger partial charge >= 0.3 is 0 Å². The van der Waals surface area contributed by atoms with Gasteiger partial charge in [-0.15, -0.1) is 0 Å². The Labute approximate surface area is 128 Å². The van der Waals surface area contributed by atoms with Crippen molar-refractivity contribution in [3.63, 3.8) is 0 Å². The van der Waals surface area contributed by atoms with Crippen LogP contribution in [0.3, 0.4) is 0 Å². The van der Waals surface area contributed by atoms with Crippen LogP contribution in [0, 0.1) is 0 Å². The third-order valence-electron chi connectivity index (χ3n) is 3.76. The van der Waals surface area contributed by atoms with Crippen molar-refractivity contribution in [3.05, 3.63) is 65.7 Å². The Bertz CT molecular complexity index is 819. The van der Waals surface area contributed by atoms with Crippen molar-refractivity contribution in [1.29, 1.82) is 0 Å². The Morgan fingerprint density at radius 1 is 1.23 bits per heavy atom. The van der Waals surface area contributed by atoms with Crippen molar-refractivity contribution < 1.29 is 14.3 Å². The number of furan rings is 1. The van der Waals surface area contributed by atoms with Crippen molar-refractivity contribution in [2.45, 2.75) is 25.9 Å². The molecule has 0 aliphatic rings. The van der Waals surface area contributed by atoms with E-state index in [9.17, 15) is 9.90 Å². The van der Waals surface area contributed by atoms with Crippen LogP contribution in [0.25, 0.3) is 11.0 Å². The predicted octanol–water partition coefficient (Wildman–Crippen LogP) is 3.22. The number of hydrogen-bond donors (Lipinski definition) is 1. The van der Waals surface area contributed by atoms with E-state index in [1.165, 1.54) is 0 Å². The Morgan fingerprint density at radius 2 is 1.95 bits per heavy atom. The molecular formula is C18H17NO3. The van der Waals surface area contributed by atoms with Crippen LogP contribution in [0.2, 0.25) is 0 Å². The van der Waals surface area contributed by atoms with Gasteiger partial charge in [-0.25, -0.2) is 0 Å². The quantitative estimate of drug-likeness (QED) is 0.802. The van der Waals surface area contributed by atoms with E-state index in [0.717, 1.165) is 10.9 Å². The highest BCUT2D eigenvalue weighted by atomic mass is 16.4. The average Bonchev–Trinajstić information content (AvgIpc) is 2.91. The van der Waals surface area contributed by atoms with Crippen LogP contribution in [-0.4, -0.2) is 15.9 Å². The molecule has 0 aliphatic heterocycles. The summed E-state index contributed by atoms with van der Waals surface area (Å²) in [5.74, 6) is 0.584. The van der Waals surface area contributed by atoms with E-state index in [2.05, 4.69) is 4.98 Å².